The van der Waals surface area contributed by atoms with E-state index < -0.39 is 28.8 Å². The van der Waals surface area contributed by atoms with Gasteiger partial charge >= 0.3 is 5.97 Å². The molecule has 19 heavy (non-hydrogen) atoms. The molecule has 0 aliphatic carbocycles. The number of carbonyl (C=O) groups excluding carboxylic acids is 1. The van der Waals surface area contributed by atoms with Crippen molar-refractivity contribution in [2.45, 2.75) is 24.3 Å². The molecule has 0 fully saturated rings. The summed E-state index contributed by atoms with van der Waals surface area (Å²) >= 11 is 0. The second kappa shape index (κ2) is 6.65. The molecule has 0 amide bonds. The van der Waals surface area contributed by atoms with Crippen molar-refractivity contribution in [1.82, 2.24) is 0 Å². The van der Waals surface area contributed by atoms with Gasteiger partial charge in [0.1, 0.15) is 0 Å². The molecule has 0 spiro atoms. The summed E-state index contributed by atoms with van der Waals surface area (Å²) < 4.78 is 32.8. The highest BCUT2D eigenvalue weighted by molar-refractivity contribution is 7.86. The topological polar surface area (TPSA) is 89.9 Å². The van der Waals surface area contributed by atoms with Gasteiger partial charge in [-0.2, -0.15) is 8.42 Å². The van der Waals surface area contributed by atoms with Crippen molar-refractivity contribution in [3.8, 4) is 0 Å². The number of aryl methyl sites for hydroxylation is 1. The Labute approximate surface area is 112 Å². The summed E-state index contributed by atoms with van der Waals surface area (Å²) in [6.45, 7) is 1.15. The summed E-state index contributed by atoms with van der Waals surface area (Å²) in [4.78, 5) is 10.9. The summed E-state index contributed by atoms with van der Waals surface area (Å²) in [5, 5.41) is 9.44. The van der Waals surface area contributed by atoms with Gasteiger partial charge in [-0.05, 0) is 18.6 Å². The largest absolute Gasteiger partial charge is 0.469 e. The first kappa shape index (κ1) is 15.6. The Morgan fingerprint density at radius 2 is 2.00 bits per heavy atom. The monoisotopic (exact) mass is 288 g/mol. The number of aliphatic hydroxyl groups is 1. The Bertz CT molecular complexity index is 537. The Balaban J connectivity index is 2.67. The molecule has 1 unspecified atom stereocenters. The van der Waals surface area contributed by atoms with Crippen LogP contribution in [0.2, 0.25) is 0 Å². The summed E-state index contributed by atoms with van der Waals surface area (Å²) in [6, 6.07) is 6.34. The van der Waals surface area contributed by atoms with Crippen LogP contribution in [0.4, 0.5) is 0 Å². The van der Waals surface area contributed by atoms with Crippen molar-refractivity contribution in [2.24, 2.45) is 0 Å². The van der Waals surface area contributed by atoms with E-state index >= 15 is 0 Å². The summed E-state index contributed by atoms with van der Waals surface area (Å²) in [7, 11) is -2.76. The number of benzene rings is 1. The maximum Gasteiger partial charge on any atom is 0.308 e. The lowest BCUT2D eigenvalue weighted by Crippen LogP contribution is -2.22. The van der Waals surface area contributed by atoms with Gasteiger partial charge in [-0.3, -0.25) is 8.98 Å². The van der Waals surface area contributed by atoms with Crippen LogP contribution in [0.25, 0.3) is 0 Å². The number of carbonyl (C=O) groups is 1. The maximum absolute atomic E-state index is 11.9. The normalized spacial score (nSPS) is 13.0. The quantitative estimate of drug-likeness (QED) is 0.610. The average molecular weight is 288 g/mol. The second-order valence-corrected chi connectivity index (χ2v) is 5.52. The molecule has 0 saturated heterocycles. The van der Waals surface area contributed by atoms with Crippen LogP contribution in [0.1, 0.15) is 12.0 Å². The predicted octanol–water partition coefficient (Wildman–Crippen LogP) is 0.624. The van der Waals surface area contributed by atoms with Gasteiger partial charge in [0.25, 0.3) is 10.1 Å². The van der Waals surface area contributed by atoms with Crippen LogP contribution < -0.4 is 0 Å². The lowest BCUT2D eigenvalue weighted by Gasteiger charge is -2.11. The van der Waals surface area contributed by atoms with E-state index in [-0.39, 0.29) is 11.3 Å². The molecule has 0 aliphatic heterocycles. The van der Waals surface area contributed by atoms with Gasteiger partial charge in [0.05, 0.1) is 31.1 Å². The molecule has 0 radical (unpaired) electrons. The molecule has 1 rings (SSSR count). The fraction of sp³-hybridized carbons (Fsp3) is 0.417. The minimum atomic E-state index is -3.94. The molecule has 6 nitrogen and oxygen atoms in total. The van der Waals surface area contributed by atoms with E-state index in [1.54, 1.807) is 25.1 Å². The van der Waals surface area contributed by atoms with Crippen molar-refractivity contribution in [1.29, 1.82) is 0 Å². The number of esters is 1. The van der Waals surface area contributed by atoms with Crippen LogP contribution in [0, 0.1) is 6.92 Å². The molecule has 1 N–H and O–H groups in total. The van der Waals surface area contributed by atoms with Crippen LogP contribution in [0.3, 0.4) is 0 Å². The van der Waals surface area contributed by atoms with Gasteiger partial charge in [0.15, 0.2) is 0 Å². The summed E-state index contributed by atoms with van der Waals surface area (Å²) in [6.07, 6.45) is -1.55. The number of aliphatic hydroxyl groups excluding tert-OH is 1. The first-order valence-corrected chi connectivity index (χ1v) is 6.97. The average Bonchev–Trinajstić information content (AvgIpc) is 2.36. The zero-order valence-electron chi connectivity index (χ0n) is 10.7. The molecular formula is C12H16O6S. The molecular weight excluding hydrogens is 272 g/mol. The van der Waals surface area contributed by atoms with Gasteiger partial charge in [-0.1, -0.05) is 18.2 Å². The lowest BCUT2D eigenvalue weighted by molar-refractivity contribution is -0.143. The number of ether oxygens (including phenoxy) is 1. The van der Waals surface area contributed by atoms with Gasteiger partial charge < -0.3 is 9.84 Å². The Morgan fingerprint density at radius 1 is 1.37 bits per heavy atom. The molecule has 106 valence electrons. The molecule has 1 atom stereocenters. The van der Waals surface area contributed by atoms with E-state index in [4.69, 9.17) is 4.18 Å². The molecule has 0 saturated carbocycles. The van der Waals surface area contributed by atoms with Crippen molar-refractivity contribution in [2.75, 3.05) is 13.7 Å². The SMILES string of the molecule is COC(=O)CC(O)COS(=O)(=O)c1ccccc1C. The highest BCUT2D eigenvalue weighted by atomic mass is 32.2. The zero-order chi connectivity index (χ0) is 14.5. The fourth-order valence-corrected chi connectivity index (χ4v) is 2.57. The summed E-state index contributed by atoms with van der Waals surface area (Å²) in [5.41, 5.74) is 0.546. The first-order valence-electron chi connectivity index (χ1n) is 5.56. The molecule has 1 aromatic rings. The maximum atomic E-state index is 11.9. The van der Waals surface area contributed by atoms with Crippen molar-refractivity contribution in [3.63, 3.8) is 0 Å². The molecule has 7 heteroatoms. The third-order valence-electron chi connectivity index (χ3n) is 2.41. The van der Waals surface area contributed by atoms with Crippen LogP contribution in [0.5, 0.6) is 0 Å². The van der Waals surface area contributed by atoms with Gasteiger partial charge in [-0.25, -0.2) is 0 Å². The number of methoxy groups -OCH3 is 1. The van der Waals surface area contributed by atoms with Crippen LogP contribution in [-0.2, 0) is 23.8 Å². The lowest BCUT2D eigenvalue weighted by atomic mass is 10.2. The minimum Gasteiger partial charge on any atom is -0.469 e. The van der Waals surface area contributed by atoms with Gasteiger partial charge in [-0.15, -0.1) is 0 Å². The number of hydrogen-bond acceptors (Lipinski definition) is 6. The number of rotatable bonds is 6. The van der Waals surface area contributed by atoms with Gasteiger partial charge in [0.2, 0.25) is 0 Å². The molecule has 1 aromatic carbocycles. The van der Waals surface area contributed by atoms with E-state index in [1.165, 1.54) is 13.2 Å². The molecule has 0 aliphatic rings. The third-order valence-corrected chi connectivity index (χ3v) is 3.85. The van der Waals surface area contributed by atoms with Crippen LogP contribution in [0.15, 0.2) is 29.2 Å². The Hall–Kier alpha value is -1.44. The van der Waals surface area contributed by atoms with Crippen LogP contribution in [-0.4, -0.2) is 39.3 Å². The van der Waals surface area contributed by atoms with E-state index in [9.17, 15) is 18.3 Å². The molecule has 0 heterocycles. The first-order chi connectivity index (χ1) is 8.86. The number of hydrogen-bond donors (Lipinski definition) is 1. The zero-order valence-corrected chi connectivity index (χ0v) is 11.5. The van der Waals surface area contributed by atoms with Crippen molar-refractivity contribution < 1.29 is 27.2 Å². The predicted molar refractivity (Wildman–Crippen MR) is 67.0 cm³/mol. The fourth-order valence-electron chi connectivity index (χ4n) is 1.40. The Kier molecular flexibility index (Phi) is 5.46. The second-order valence-electron chi connectivity index (χ2n) is 3.94. The van der Waals surface area contributed by atoms with E-state index in [1.807, 2.05) is 0 Å². The molecule has 0 bridgehead atoms. The smallest absolute Gasteiger partial charge is 0.308 e. The standard InChI is InChI=1S/C12H16O6S/c1-9-5-3-4-6-11(9)19(15,16)18-8-10(13)7-12(14)17-2/h3-6,10,13H,7-8H2,1-2H3. The van der Waals surface area contributed by atoms with Crippen LogP contribution >= 0.6 is 0 Å². The van der Waals surface area contributed by atoms with E-state index in [0.29, 0.717) is 5.56 Å². The highest BCUT2D eigenvalue weighted by Crippen LogP contribution is 2.17. The van der Waals surface area contributed by atoms with Crippen molar-refractivity contribution in [3.05, 3.63) is 29.8 Å². The molecule has 0 aromatic heterocycles. The Morgan fingerprint density at radius 3 is 2.58 bits per heavy atom. The van der Waals surface area contributed by atoms with E-state index in [2.05, 4.69) is 4.74 Å². The highest BCUT2D eigenvalue weighted by Gasteiger charge is 2.20. The summed E-state index contributed by atoms with van der Waals surface area (Å²) in [5.74, 6) is -0.635. The van der Waals surface area contributed by atoms with Crippen molar-refractivity contribution >= 4 is 16.1 Å². The van der Waals surface area contributed by atoms with E-state index in [0.717, 1.165) is 0 Å². The van der Waals surface area contributed by atoms with Gasteiger partial charge in [0, 0.05) is 0 Å². The minimum absolute atomic E-state index is 0.0419. The third kappa shape index (κ3) is 4.62.